The molecule has 2 fully saturated rings. The van der Waals surface area contributed by atoms with Gasteiger partial charge in [-0.1, -0.05) is 12.1 Å². The second-order valence-electron chi connectivity index (χ2n) is 6.89. The highest BCUT2D eigenvalue weighted by molar-refractivity contribution is 5.78. The van der Waals surface area contributed by atoms with Crippen LogP contribution < -0.4 is 0 Å². The van der Waals surface area contributed by atoms with Crippen molar-refractivity contribution in [3.63, 3.8) is 0 Å². The highest BCUT2D eigenvalue weighted by Crippen LogP contribution is 2.24. The predicted molar refractivity (Wildman–Crippen MR) is 92.8 cm³/mol. The van der Waals surface area contributed by atoms with Crippen LogP contribution in [0.15, 0.2) is 24.3 Å². The molecule has 1 aromatic rings. The number of likely N-dealkylation sites (tertiary alicyclic amines) is 1. The van der Waals surface area contributed by atoms with Gasteiger partial charge in [-0.15, -0.1) is 0 Å². The van der Waals surface area contributed by atoms with E-state index in [-0.39, 0.29) is 23.7 Å². The third-order valence-electron chi connectivity index (χ3n) is 5.17. The molecule has 0 unspecified atom stereocenters. The summed E-state index contributed by atoms with van der Waals surface area (Å²) < 4.78 is 24.4. The summed E-state index contributed by atoms with van der Waals surface area (Å²) in [6, 6.07) is 6.69. The Morgan fingerprint density at radius 2 is 2.12 bits per heavy atom. The summed E-state index contributed by atoms with van der Waals surface area (Å²) in [6.45, 7) is 4.86. The molecule has 0 saturated carbocycles. The molecular formula is C19H27FN2O3. The van der Waals surface area contributed by atoms with Crippen molar-refractivity contribution in [3.05, 3.63) is 35.6 Å². The number of methoxy groups -OCH3 is 1. The van der Waals surface area contributed by atoms with Crippen molar-refractivity contribution in [2.24, 2.45) is 5.92 Å². The number of hydrogen-bond acceptors (Lipinski definition) is 4. The van der Waals surface area contributed by atoms with Gasteiger partial charge in [0.2, 0.25) is 5.91 Å². The zero-order valence-corrected chi connectivity index (χ0v) is 14.8. The monoisotopic (exact) mass is 350 g/mol. The van der Waals surface area contributed by atoms with Crippen molar-refractivity contribution in [1.82, 2.24) is 9.80 Å². The molecule has 2 saturated heterocycles. The number of nitrogens with zero attached hydrogens (tertiary/aromatic N) is 2. The molecule has 0 aromatic heterocycles. The Labute approximate surface area is 148 Å². The van der Waals surface area contributed by atoms with Crippen LogP contribution in [-0.4, -0.2) is 74.9 Å². The van der Waals surface area contributed by atoms with E-state index < -0.39 is 0 Å². The fraction of sp³-hybridized carbons (Fsp3) is 0.632. The van der Waals surface area contributed by atoms with E-state index in [0.717, 1.165) is 38.0 Å². The van der Waals surface area contributed by atoms with Crippen LogP contribution in [0.5, 0.6) is 0 Å². The number of hydrogen-bond donors (Lipinski definition) is 0. The number of piperidine rings is 1. The number of amides is 1. The van der Waals surface area contributed by atoms with E-state index in [1.807, 2.05) is 11.0 Å². The Hall–Kier alpha value is -1.50. The molecule has 25 heavy (non-hydrogen) atoms. The second kappa shape index (κ2) is 8.74. The van der Waals surface area contributed by atoms with Gasteiger partial charge in [-0.25, -0.2) is 4.39 Å². The van der Waals surface area contributed by atoms with Crippen molar-refractivity contribution in [1.29, 1.82) is 0 Å². The third kappa shape index (κ3) is 5.00. The minimum absolute atomic E-state index is 0.107. The largest absolute Gasteiger partial charge is 0.381 e. The van der Waals surface area contributed by atoms with E-state index in [0.29, 0.717) is 26.3 Å². The maximum atomic E-state index is 13.5. The molecule has 1 amide bonds. The first-order valence-electron chi connectivity index (χ1n) is 9.01. The minimum Gasteiger partial charge on any atom is -0.381 e. The van der Waals surface area contributed by atoms with Gasteiger partial charge in [-0.3, -0.25) is 9.69 Å². The molecule has 0 aliphatic carbocycles. The van der Waals surface area contributed by atoms with E-state index in [1.54, 1.807) is 19.2 Å². The van der Waals surface area contributed by atoms with E-state index in [2.05, 4.69) is 4.90 Å². The van der Waals surface area contributed by atoms with E-state index in [9.17, 15) is 9.18 Å². The van der Waals surface area contributed by atoms with Gasteiger partial charge in [-0.2, -0.15) is 0 Å². The lowest BCUT2D eigenvalue weighted by Gasteiger charge is -2.39. The molecule has 0 N–H and O–H groups in total. The molecule has 2 aliphatic heterocycles. The Bertz CT molecular complexity index is 578. The molecule has 1 aromatic carbocycles. The number of ether oxygens (including phenoxy) is 2. The summed E-state index contributed by atoms with van der Waals surface area (Å²) in [4.78, 5) is 16.7. The highest BCUT2D eigenvalue weighted by Gasteiger charge is 2.32. The lowest BCUT2D eigenvalue weighted by Crippen LogP contribution is -2.51. The Morgan fingerprint density at radius 1 is 1.32 bits per heavy atom. The zero-order chi connectivity index (χ0) is 17.6. The van der Waals surface area contributed by atoms with E-state index >= 15 is 0 Å². The Morgan fingerprint density at radius 3 is 2.84 bits per heavy atom. The standard InChI is InChI=1S/C19H27FN2O3/c1-24-18-5-6-22(19(23)14-21-7-9-25-10-8-21)13-16(18)11-15-3-2-4-17(20)12-15/h2-4,12,16,18H,5-11,13-14H2,1H3/t16-,18-/m1/s1. The van der Waals surface area contributed by atoms with Crippen molar-refractivity contribution in [3.8, 4) is 0 Å². The maximum Gasteiger partial charge on any atom is 0.236 e. The fourth-order valence-electron chi connectivity index (χ4n) is 3.76. The summed E-state index contributed by atoms with van der Waals surface area (Å²) in [5.41, 5.74) is 0.953. The van der Waals surface area contributed by atoms with Gasteiger partial charge < -0.3 is 14.4 Å². The second-order valence-corrected chi connectivity index (χ2v) is 6.89. The van der Waals surface area contributed by atoms with Crippen LogP contribution in [-0.2, 0) is 20.7 Å². The number of carbonyl (C=O) groups is 1. The first-order valence-corrected chi connectivity index (χ1v) is 9.01. The van der Waals surface area contributed by atoms with Crippen molar-refractivity contribution < 1.29 is 18.7 Å². The molecule has 2 aliphatic rings. The van der Waals surface area contributed by atoms with Crippen molar-refractivity contribution >= 4 is 5.91 Å². The summed E-state index contributed by atoms with van der Waals surface area (Å²) in [7, 11) is 1.72. The fourth-order valence-corrected chi connectivity index (χ4v) is 3.76. The number of carbonyl (C=O) groups excluding carboxylic acids is 1. The third-order valence-corrected chi connectivity index (χ3v) is 5.17. The summed E-state index contributed by atoms with van der Waals surface area (Å²) >= 11 is 0. The number of rotatable bonds is 5. The highest BCUT2D eigenvalue weighted by atomic mass is 19.1. The van der Waals surface area contributed by atoms with Gasteiger partial charge in [-0.05, 0) is 30.5 Å². The normalized spacial score (nSPS) is 25.1. The van der Waals surface area contributed by atoms with Gasteiger partial charge in [0.25, 0.3) is 0 Å². The SMILES string of the molecule is CO[C@@H]1CCN(C(=O)CN2CCOCC2)C[C@H]1Cc1cccc(F)c1. The Balaban J connectivity index is 1.60. The van der Waals surface area contributed by atoms with Crippen LogP contribution in [0.3, 0.4) is 0 Å². The average Bonchev–Trinajstić information content (AvgIpc) is 2.62. The molecule has 3 rings (SSSR count). The first-order chi connectivity index (χ1) is 12.2. The van der Waals surface area contributed by atoms with Gasteiger partial charge in [0.05, 0.1) is 25.9 Å². The van der Waals surface area contributed by atoms with Crippen LogP contribution in [0.2, 0.25) is 0 Å². The predicted octanol–water partition coefficient (Wildman–Crippen LogP) is 1.56. The molecule has 2 atom stereocenters. The number of benzene rings is 1. The molecule has 0 spiro atoms. The summed E-state index contributed by atoms with van der Waals surface area (Å²) in [5.74, 6) is 0.136. The number of halogens is 1. The molecular weight excluding hydrogens is 323 g/mol. The molecule has 0 radical (unpaired) electrons. The molecule has 5 nitrogen and oxygen atoms in total. The molecule has 6 heteroatoms. The molecule has 2 heterocycles. The quantitative estimate of drug-likeness (QED) is 0.808. The smallest absolute Gasteiger partial charge is 0.236 e. The topological polar surface area (TPSA) is 42.0 Å². The lowest BCUT2D eigenvalue weighted by molar-refractivity contribution is -0.137. The van der Waals surface area contributed by atoms with Crippen LogP contribution in [0.4, 0.5) is 4.39 Å². The Kier molecular flexibility index (Phi) is 6.39. The van der Waals surface area contributed by atoms with Gasteiger partial charge >= 0.3 is 0 Å². The van der Waals surface area contributed by atoms with Crippen LogP contribution in [0.25, 0.3) is 0 Å². The van der Waals surface area contributed by atoms with Crippen molar-refractivity contribution in [2.45, 2.75) is 18.9 Å². The molecule has 0 bridgehead atoms. The maximum absolute atomic E-state index is 13.5. The first kappa shape index (κ1) is 18.3. The lowest BCUT2D eigenvalue weighted by atomic mass is 9.88. The summed E-state index contributed by atoms with van der Waals surface area (Å²) in [5, 5.41) is 0. The van der Waals surface area contributed by atoms with Gasteiger partial charge in [0.15, 0.2) is 0 Å². The van der Waals surface area contributed by atoms with Gasteiger partial charge in [0.1, 0.15) is 5.82 Å². The van der Waals surface area contributed by atoms with Crippen LogP contribution in [0, 0.1) is 11.7 Å². The summed E-state index contributed by atoms with van der Waals surface area (Å²) in [6.07, 6.45) is 1.65. The van der Waals surface area contributed by atoms with Gasteiger partial charge in [0, 0.05) is 39.2 Å². The van der Waals surface area contributed by atoms with Crippen LogP contribution in [0.1, 0.15) is 12.0 Å². The minimum atomic E-state index is -0.220. The molecule has 138 valence electrons. The van der Waals surface area contributed by atoms with Crippen LogP contribution >= 0.6 is 0 Å². The van der Waals surface area contributed by atoms with E-state index in [1.165, 1.54) is 6.07 Å². The van der Waals surface area contributed by atoms with E-state index in [4.69, 9.17) is 9.47 Å². The number of morpholine rings is 1. The average molecular weight is 350 g/mol. The zero-order valence-electron chi connectivity index (χ0n) is 14.8. The van der Waals surface area contributed by atoms with Crippen molar-refractivity contribution in [2.75, 3.05) is 53.0 Å².